The number of anilines is 1. The molecule has 34 heavy (non-hydrogen) atoms. The Labute approximate surface area is 190 Å². The normalized spacial score (nSPS) is 16.2. The first kappa shape index (κ1) is 20.6. The smallest absolute Gasteiger partial charge is 0.367 e. The van der Waals surface area contributed by atoms with E-state index < -0.39 is 17.6 Å². The minimum absolute atomic E-state index is 0.0330. The van der Waals surface area contributed by atoms with Crippen molar-refractivity contribution in [2.45, 2.75) is 31.5 Å². The zero-order valence-electron chi connectivity index (χ0n) is 17.7. The van der Waals surface area contributed by atoms with Gasteiger partial charge in [0, 0.05) is 40.5 Å². The number of hydrogen-bond acceptors (Lipinski definition) is 4. The molecule has 6 rings (SSSR count). The molecule has 4 heterocycles. The number of aromatic amines is 1. The van der Waals surface area contributed by atoms with Crippen LogP contribution in [-0.2, 0) is 19.0 Å². The molecule has 5 aromatic rings. The van der Waals surface area contributed by atoms with Crippen LogP contribution in [0.2, 0.25) is 0 Å². The van der Waals surface area contributed by atoms with Gasteiger partial charge in [-0.25, -0.2) is 9.37 Å². The van der Waals surface area contributed by atoms with Crippen molar-refractivity contribution in [3.63, 3.8) is 0 Å². The van der Waals surface area contributed by atoms with E-state index in [4.69, 9.17) is 0 Å². The SMILES string of the molecule is Fc1cncc(-c2cc(N[C@@H]3CCc4[nH]c5ccccc5c4C3)n3ncc(C(F)(F)F)c3n2)c1. The molecule has 0 radical (unpaired) electrons. The summed E-state index contributed by atoms with van der Waals surface area (Å²) in [5.74, 6) is -0.245. The van der Waals surface area contributed by atoms with Crippen LogP contribution in [0, 0.1) is 5.82 Å². The van der Waals surface area contributed by atoms with Gasteiger partial charge in [-0.05, 0) is 37.0 Å². The number of halogens is 4. The highest BCUT2D eigenvalue weighted by molar-refractivity contribution is 5.85. The molecule has 0 saturated carbocycles. The Morgan fingerprint density at radius 1 is 1.09 bits per heavy atom. The first-order valence-electron chi connectivity index (χ1n) is 10.8. The number of para-hydroxylation sites is 1. The van der Waals surface area contributed by atoms with Gasteiger partial charge in [0.1, 0.15) is 17.2 Å². The van der Waals surface area contributed by atoms with E-state index in [9.17, 15) is 17.6 Å². The Balaban J connectivity index is 1.43. The number of pyridine rings is 1. The molecule has 1 aliphatic carbocycles. The van der Waals surface area contributed by atoms with E-state index in [1.54, 1.807) is 6.07 Å². The number of rotatable bonds is 3. The monoisotopic (exact) mass is 466 g/mol. The van der Waals surface area contributed by atoms with Gasteiger partial charge in [-0.2, -0.15) is 22.8 Å². The summed E-state index contributed by atoms with van der Waals surface area (Å²) in [6.45, 7) is 0. The molecule has 0 amide bonds. The molecule has 0 aliphatic heterocycles. The number of aryl methyl sites for hydroxylation is 1. The minimum Gasteiger partial charge on any atom is -0.367 e. The number of nitrogens with zero attached hydrogens (tertiary/aromatic N) is 4. The highest BCUT2D eigenvalue weighted by Gasteiger charge is 2.36. The van der Waals surface area contributed by atoms with E-state index in [-0.39, 0.29) is 22.9 Å². The van der Waals surface area contributed by atoms with Crippen molar-refractivity contribution < 1.29 is 17.6 Å². The molecular formula is C24H18F4N6. The standard InChI is InChI=1S/C24H18F4N6/c25-14-7-13(10-29-11-14)21-9-22(34-23(33-21)18(12-30-34)24(26,27)28)31-15-5-6-20-17(8-15)16-3-1-2-4-19(16)32-20/h1-4,7,9-12,15,31-32H,5-6,8H2/t15-/m1/s1. The number of benzene rings is 1. The Morgan fingerprint density at radius 2 is 1.94 bits per heavy atom. The maximum atomic E-state index is 13.8. The van der Waals surface area contributed by atoms with Crippen LogP contribution in [0.1, 0.15) is 23.2 Å². The highest BCUT2D eigenvalue weighted by Crippen LogP contribution is 2.35. The van der Waals surface area contributed by atoms with Gasteiger partial charge in [-0.1, -0.05) is 18.2 Å². The first-order valence-corrected chi connectivity index (χ1v) is 10.8. The van der Waals surface area contributed by atoms with Crippen LogP contribution in [0.15, 0.2) is 55.0 Å². The summed E-state index contributed by atoms with van der Waals surface area (Å²) < 4.78 is 55.8. The quantitative estimate of drug-likeness (QED) is 0.350. The number of H-pyrrole nitrogens is 1. The van der Waals surface area contributed by atoms with Crippen LogP contribution in [0.4, 0.5) is 23.4 Å². The van der Waals surface area contributed by atoms with E-state index in [0.717, 1.165) is 40.7 Å². The number of aromatic nitrogens is 5. The number of alkyl halides is 3. The highest BCUT2D eigenvalue weighted by atomic mass is 19.4. The lowest BCUT2D eigenvalue weighted by Gasteiger charge is -2.25. The summed E-state index contributed by atoms with van der Waals surface area (Å²) in [4.78, 5) is 11.4. The second-order valence-corrected chi connectivity index (χ2v) is 8.42. The summed E-state index contributed by atoms with van der Waals surface area (Å²) in [5.41, 5.74) is 2.62. The van der Waals surface area contributed by atoms with Crippen molar-refractivity contribution in [1.29, 1.82) is 0 Å². The van der Waals surface area contributed by atoms with Crippen LogP contribution >= 0.6 is 0 Å². The zero-order valence-corrected chi connectivity index (χ0v) is 17.7. The van der Waals surface area contributed by atoms with Gasteiger partial charge in [0.15, 0.2) is 5.65 Å². The lowest BCUT2D eigenvalue weighted by atomic mass is 9.91. The molecule has 0 unspecified atom stereocenters. The largest absolute Gasteiger partial charge is 0.421 e. The summed E-state index contributed by atoms with van der Waals surface area (Å²) in [7, 11) is 0. The van der Waals surface area contributed by atoms with Crippen LogP contribution in [0.25, 0.3) is 27.8 Å². The number of hydrogen-bond donors (Lipinski definition) is 2. The third-order valence-corrected chi connectivity index (χ3v) is 6.23. The second-order valence-electron chi connectivity index (χ2n) is 8.42. The van der Waals surface area contributed by atoms with Crippen molar-refractivity contribution in [2.24, 2.45) is 0 Å². The molecular weight excluding hydrogens is 448 g/mol. The molecule has 1 atom stereocenters. The Hall–Kier alpha value is -3.95. The van der Waals surface area contributed by atoms with Crippen molar-refractivity contribution in [3.8, 4) is 11.3 Å². The summed E-state index contributed by atoms with van der Waals surface area (Å²) in [5, 5.41) is 8.48. The summed E-state index contributed by atoms with van der Waals surface area (Å²) in [6, 6.07) is 10.8. The second kappa shape index (κ2) is 7.54. The van der Waals surface area contributed by atoms with Crippen molar-refractivity contribution >= 4 is 22.4 Å². The van der Waals surface area contributed by atoms with Crippen LogP contribution in [0.3, 0.4) is 0 Å². The van der Waals surface area contributed by atoms with Crippen LogP contribution < -0.4 is 5.32 Å². The number of fused-ring (bicyclic) bond motifs is 4. The Kier molecular flexibility index (Phi) is 4.58. The van der Waals surface area contributed by atoms with Crippen molar-refractivity contribution in [3.05, 3.63) is 77.6 Å². The fourth-order valence-electron chi connectivity index (χ4n) is 4.67. The lowest BCUT2D eigenvalue weighted by Crippen LogP contribution is -2.28. The van der Waals surface area contributed by atoms with Crippen LogP contribution in [0.5, 0.6) is 0 Å². The molecule has 1 aliphatic rings. The molecule has 4 aromatic heterocycles. The molecule has 2 N–H and O–H groups in total. The Bertz CT molecular complexity index is 1530. The van der Waals surface area contributed by atoms with Gasteiger partial charge in [0.2, 0.25) is 0 Å². The fraction of sp³-hybridized carbons (Fsp3) is 0.208. The van der Waals surface area contributed by atoms with Crippen molar-refractivity contribution in [1.82, 2.24) is 24.6 Å². The predicted molar refractivity (Wildman–Crippen MR) is 119 cm³/mol. The van der Waals surface area contributed by atoms with E-state index >= 15 is 0 Å². The molecule has 0 fully saturated rings. The third kappa shape index (κ3) is 3.46. The summed E-state index contributed by atoms with van der Waals surface area (Å²) in [6.07, 6.45) is 0.829. The maximum Gasteiger partial charge on any atom is 0.421 e. The number of nitrogens with one attached hydrogen (secondary N) is 2. The molecule has 172 valence electrons. The topological polar surface area (TPSA) is 70.9 Å². The molecule has 1 aromatic carbocycles. The van der Waals surface area contributed by atoms with Gasteiger partial charge in [0.05, 0.1) is 18.1 Å². The van der Waals surface area contributed by atoms with Gasteiger partial charge in [-0.3, -0.25) is 4.98 Å². The molecule has 0 saturated heterocycles. The minimum atomic E-state index is -4.63. The third-order valence-electron chi connectivity index (χ3n) is 6.23. The van der Waals surface area contributed by atoms with E-state index in [0.29, 0.717) is 12.2 Å². The predicted octanol–water partition coefficient (Wildman–Crippen LogP) is 5.40. The fourth-order valence-corrected chi connectivity index (χ4v) is 4.67. The molecule has 6 nitrogen and oxygen atoms in total. The average Bonchev–Trinajstić information content (AvgIpc) is 3.41. The average molecular weight is 466 g/mol. The Morgan fingerprint density at radius 3 is 2.76 bits per heavy atom. The maximum absolute atomic E-state index is 13.8. The van der Waals surface area contributed by atoms with E-state index in [1.165, 1.54) is 23.5 Å². The lowest BCUT2D eigenvalue weighted by molar-refractivity contribution is -0.136. The molecule has 0 bridgehead atoms. The van der Waals surface area contributed by atoms with Gasteiger partial charge in [0.25, 0.3) is 0 Å². The van der Waals surface area contributed by atoms with Gasteiger partial charge in [-0.15, -0.1) is 0 Å². The first-order chi connectivity index (χ1) is 16.4. The zero-order chi connectivity index (χ0) is 23.4. The van der Waals surface area contributed by atoms with Gasteiger partial charge < -0.3 is 10.3 Å². The van der Waals surface area contributed by atoms with Gasteiger partial charge >= 0.3 is 6.18 Å². The van der Waals surface area contributed by atoms with Crippen LogP contribution in [-0.4, -0.2) is 30.6 Å². The van der Waals surface area contributed by atoms with E-state index in [1.807, 2.05) is 18.2 Å². The van der Waals surface area contributed by atoms with Crippen molar-refractivity contribution in [2.75, 3.05) is 5.32 Å². The molecule has 0 spiro atoms. The van der Waals surface area contributed by atoms with E-state index in [2.05, 4.69) is 31.4 Å². The molecule has 10 heteroatoms. The summed E-state index contributed by atoms with van der Waals surface area (Å²) >= 11 is 0.